The molecule has 0 saturated carbocycles. The third kappa shape index (κ3) is 4.94. The highest BCUT2D eigenvalue weighted by molar-refractivity contribution is 6.39. The van der Waals surface area contributed by atoms with Gasteiger partial charge in [-0.25, -0.2) is 0 Å². The van der Waals surface area contributed by atoms with Crippen molar-refractivity contribution >= 4 is 35.1 Å². The Balaban J connectivity index is 1.05. The zero-order valence-corrected chi connectivity index (χ0v) is 26.8. The van der Waals surface area contributed by atoms with Crippen LogP contribution in [0.25, 0.3) is 33.4 Å². The SMILES string of the molecule is O=C(O)C1CN([C@H]2CCc3cc(-c4cccc(-c5cccc(-c6ccc7c(c6)CC[C@@H]7N6CC(C(=O)O)C6)c5Cl)c4Cl)ccc32)C1. The van der Waals surface area contributed by atoms with E-state index >= 15 is 0 Å². The first-order chi connectivity index (χ1) is 22.3. The number of hydrogen-bond acceptors (Lipinski definition) is 4. The molecule has 6 nitrogen and oxygen atoms in total. The van der Waals surface area contributed by atoms with Crippen molar-refractivity contribution in [1.82, 2.24) is 9.80 Å². The quantitative estimate of drug-likeness (QED) is 0.211. The smallest absolute Gasteiger partial charge is 0.309 e. The third-order valence-corrected chi connectivity index (χ3v) is 11.5. The van der Waals surface area contributed by atoms with Crippen LogP contribution in [0.2, 0.25) is 10.0 Å². The number of hydrogen-bond donors (Lipinski definition) is 2. The Morgan fingerprint density at radius 2 is 0.978 bits per heavy atom. The fourth-order valence-corrected chi connectivity index (χ4v) is 8.73. The van der Waals surface area contributed by atoms with Crippen molar-refractivity contribution in [2.75, 3.05) is 26.2 Å². The molecule has 2 saturated heterocycles. The molecule has 0 radical (unpaired) electrons. The second kappa shape index (κ2) is 11.5. The van der Waals surface area contributed by atoms with Gasteiger partial charge in [-0.1, -0.05) is 96.0 Å². The summed E-state index contributed by atoms with van der Waals surface area (Å²) < 4.78 is 0. The average Bonchev–Trinajstić information content (AvgIpc) is 3.60. The Labute approximate surface area is 278 Å². The zero-order valence-electron chi connectivity index (χ0n) is 25.3. The molecule has 0 spiro atoms. The molecule has 8 heteroatoms. The lowest BCUT2D eigenvalue weighted by molar-refractivity contribution is -0.149. The lowest BCUT2D eigenvalue weighted by Gasteiger charge is -2.41. The average molecular weight is 654 g/mol. The van der Waals surface area contributed by atoms with Gasteiger partial charge in [0.05, 0.1) is 21.9 Å². The molecule has 0 aromatic heterocycles. The molecule has 2 fully saturated rings. The molecule has 234 valence electrons. The molecule has 4 aromatic rings. The molecule has 46 heavy (non-hydrogen) atoms. The summed E-state index contributed by atoms with van der Waals surface area (Å²) in [4.78, 5) is 27.2. The summed E-state index contributed by atoms with van der Waals surface area (Å²) in [5, 5.41) is 19.9. The Morgan fingerprint density at radius 1 is 0.587 bits per heavy atom. The maximum absolute atomic E-state index is 11.3. The van der Waals surface area contributed by atoms with Crippen LogP contribution in [0.5, 0.6) is 0 Å². The summed E-state index contributed by atoms with van der Waals surface area (Å²) >= 11 is 14.3. The maximum Gasteiger partial charge on any atom is 0.309 e. The van der Waals surface area contributed by atoms with Crippen LogP contribution in [0.15, 0.2) is 72.8 Å². The van der Waals surface area contributed by atoms with Gasteiger partial charge in [0, 0.05) is 60.5 Å². The fraction of sp³-hybridized carbons (Fsp3) is 0.316. The molecule has 2 atom stereocenters. The predicted molar refractivity (Wildman–Crippen MR) is 180 cm³/mol. The van der Waals surface area contributed by atoms with Crippen molar-refractivity contribution in [1.29, 1.82) is 0 Å². The monoisotopic (exact) mass is 652 g/mol. The number of carboxylic acids is 2. The van der Waals surface area contributed by atoms with Crippen molar-refractivity contribution in [2.24, 2.45) is 11.8 Å². The van der Waals surface area contributed by atoms with Crippen molar-refractivity contribution in [3.8, 4) is 33.4 Å². The number of fused-ring (bicyclic) bond motifs is 2. The zero-order chi connectivity index (χ0) is 31.7. The van der Waals surface area contributed by atoms with E-state index in [0.717, 1.165) is 59.1 Å². The summed E-state index contributed by atoms with van der Waals surface area (Å²) in [6.45, 7) is 2.48. The molecule has 2 N–H and O–H groups in total. The van der Waals surface area contributed by atoms with Gasteiger partial charge in [0.1, 0.15) is 0 Å². The van der Waals surface area contributed by atoms with Gasteiger partial charge in [0.15, 0.2) is 0 Å². The van der Waals surface area contributed by atoms with E-state index in [-0.39, 0.29) is 23.9 Å². The standard InChI is InChI=1S/C38H34Cl2N2O4/c39-35-29(23-7-11-27-21(15-23)9-13-33(27)41-17-25(18-41)37(43)44)3-1-5-31(35)32-6-2-4-30(36(32)40)24-8-12-28-22(16-24)10-14-34(28)42-19-26(20-42)38(45)46/h1-8,11-12,15-16,25-26,33-34H,9-10,13-14,17-20H2,(H,43,44)(H,45,46)/t33-,34-/m0/s1. The van der Waals surface area contributed by atoms with Crippen LogP contribution < -0.4 is 0 Å². The highest BCUT2D eigenvalue weighted by Gasteiger charge is 2.40. The summed E-state index contributed by atoms with van der Waals surface area (Å²) in [6.07, 6.45) is 3.95. The normalized spacial score (nSPS) is 21.4. The van der Waals surface area contributed by atoms with Crippen LogP contribution in [0.1, 0.15) is 47.2 Å². The molecule has 2 aliphatic heterocycles. The Kier molecular flexibility index (Phi) is 7.45. The largest absolute Gasteiger partial charge is 0.481 e. The second-order valence-electron chi connectivity index (χ2n) is 13.2. The first-order valence-corrected chi connectivity index (χ1v) is 16.8. The molecule has 4 aliphatic rings. The topological polar surface area (TPSA) is 81.1 Å². The Morgan fingerprint density at radius 3 is 1.37 bits per heavy atom. The molecule has 0 unspecified atom stereocenters. The van der Waals surface area contributed by atoms with Gasteiger partial charge in [-0.15, -0.1) is 0 Å². The number of nitrogens with zero attached hydrogens (tertiary/aromatic N) is 2. The lowest BCUT2D eigenvalue weighted by Crippen LogP contribution is -2.51. The minimum atomic E-state index is -0.702. The minimum absolute atomic E-state index is 0.254. The number of carbonyl (C=O) groups is 2. The van der Waals surface area contributed by atoms with Gasteiger partial charge < -0.3 is 10.2 Å². The number of benzene rings is 4. The third-order valence-electron chi connectivity index (χ3n) is 10.7. The van der Waals surface area contributed by atoms with E-state index in [0.29, 0.717) is 36.2 Å². The number of rotatable bonds is 7. The molecule has 8 rings (SSSR count). The second-order valence-corrected chi connectivity index (χ2v) is 14.0. The summed E-state index contributed by atoms with van der Waals surface area (Å²) in [5.74, 6) is -1.91. The molecule has 2 heterocycles. The molecule has 0 amide bonds. The van der Waals surface area contributed by atoms with Gasteiger partial charge in [-0.2, -0.15) is 0 Å². The lowest BCUT2D eigenvalue weighted by atomic mass is 9.92. The molecule has 0 bridgehead atoms. The maximum atomic E-state index is 11.3. The number of halogens is 2. The molecular formula is C38H34Cl2N2O4. The van der Waals surface area contributed by atoms with Crippen molar-refractivity contribution in [2.45, 2.75) is 37.8 Å². The first-order valence-electron chi connectivity index (χ1n) is 16.0. The van der Waals surface area contributed by atoms with Crippen molar-refractivity contribution in [3.63, 3.8) is 0 Å². The molecular weight excluding hydrogens is 619 g/mol. The Hall–Kier alpha value is -3.68. The van der Waals surface area contributed by atoms with Crippen LogP contribution in [0, 0.1) is 11.8 Å². The van der Waals surface area contributed by atoms with Crippen LogP contribution in [-0.2, 0) is 22.4 Å². The van der Waals surface area contributed by atoms with Crippen LogP contribution >= 0.6 is 23.2 Å². The van der Waals surface area contributed by atoms with Gasteiger partial charge in [-0.05, 0) is 59.1 Å². The minimum Gasteiger partial charge on any atom is -0.481 e. The van der Waals surface area contributed by atoms with Crippen LogP contribution in [0.4, 0.5) is 0 Å². The highest BCUT2D eigenvalue weighted by atomic mass is 35.5. The molecule has 2 aliphatic carbocycles. The van der Waals surface area contributed by atoms with E-state index in [4.69, 9.17) is 23.2 Å². The fourth-order valence-electron chi connectivity index (χ4n) is 8.06. The van der Waals surface area contributed by atoms with Gasteiger partial charge >= 0.3 is 11.9 Å². The summed E-state index contributed by atoms with van der Waals surface area (Å²) in [6, 6.07) is 25.9. The van der Waals surface area contributed by atoms with Crippen molar-refractivity contribution in [3.05, 3.63) is 105 Å². The molecule has 4 aromatic carbocycles. The van der Waals surface area contributed by atoms with E-state index in [1.165, 1.54) is 22.3 Å². The first kappa shape index (κ1) is 29.7. The van der Waals surface area contributed by atoms with Crippen molar-refractivity contribution < 1.29 is 19.8 Å². The van der Waals surface area contributed by atoms with Gasteiger partial charge in [0.25, 0.3) is 0 Å². The van der Waals surface area contributed by atoms with E-state index in [2.05, 4.69) is 58.3 Å². The summed E-state index contributed by atoms with van der Waals surface area (Å²) in [7, 11) is 0. The van der Waals surface area contributed by atoms with E-state index in [9.17, 15) is 19.8 Å². The van der Waals surface area contributed by atoms with E-state index in [1.54, 1.807) is 0 Å². The van der Waals surface area contributed by atoms with Crippen LogP contribution in [0.3, 0.4) is 0 Å². The number of aliphatic carboxylic acids is 2. The van der Waals surface area contributed by atoms with Gasteiger partial charge in [0.2, 0.25) is 0 Å². The Bertz CT molecular complexity index is 1760. The highest BCUT2D eigenvalue weighted by Crippen LogP contribution is 2.46. The number of carboxylic acid groups (broad SMARTS) is 2. The summed E-state index contributed by atoms with van der Waals surface area (Å²) in [5.41, 5.74) is 11.0. The number of aryl methyl sites for hydroxylation is 2. The van der Waals surface area contributed by atoms with Crippen LogP contribution in [-0.4, -0.2) is 58.1 Å². The number of likely N-dealkylation sites (tertiary alicyclic amines) is 2. The predicted octanol–water partition coefficient (Wildman–Crippen LogP) is 8.00. The van der Waals surface area contributed by atoms with E-state index in [1.807, 2.05) is 24.3 Å². The van der Waals surface area contributed by atoms with E-state index < -0.39 is 11.9 Å². The van der Waals surface area contributed by atoms with Gasteiger partial charge in [-0.3, -0.25) is 19.4 Å².